The molecule has 4 atom stereocenters. The zero-order valence-corrected chi connectivity index (χ0v) is 21.6. The van der Waals surface area contributed by atoms with Crippen molar-refractivity contribution < 1.29 is 43.2 Å². The fourth-order valence-corrected chi connectivity index (χ4v) is 5.15. The summed E-state index contributed by atoms with van der Waals surface area (Å²) in [5, 5.41) is 23.4. The summed E-state index contributed by atoms with van der Waals surface area (Å²) < 4.78 is 30.4. The number of nitrogens with one attached hydrogen (secondary N) is 1. The molecule has 39 heavy (non-hydrogen) atoms. The van der Waals surface area contributed by atoms with Gasteiger partial charge in [0, 0.05) is 36.9 Å². The normalized spacial score (nSPS) is 21.2. The predicted molar refractivity (Wildman–Crippen MR) is 137 cm³/mol. The molecule has 0 spiro atoms. The van der Waals surface area contributed by atoms with Gasteiger partial charge in [0.2, 0.25) is 11.8 Å². The molecule has 1 aliphatic heterocycles. The largest absolute Gasteiger partial charge is 0.493 e. The monoisotopic (exact) mass is 542 g/mol. The molecule has 11 heteroatoms. The number of ether oxygens (including phenoxy) is 3. The Morgan fingerprint density at radius 1 is 1.23 bits per heavy atom. The quantitative estimate of drug-likeness (QED) is 0.358. The number of hydrogen-bond donors (Lipinski definition) is 3. The first-order valence-electron chi connectivity index (χ1n) is 12.5. The maximum absolute atomic E-state index is 13.8. The molecule has 0 radical (unpaired) electrons. The molecular weight excluding hydrogens is 511 g/mol. The number of amides is 2. The van der Waals surface area contributed by atoms with Gasteiger partial charge >= 0.3 is 0 Å². The molecule has 1 aliphatic carbocycles. The average Bonchev–Trinajstić information content (AvgIpc) is 3.32. The Kier molecular flexibility index (Phi) is 8.95. The summed E-state index contributed by atoms with van der Waals surface area (Å²) in [5.41, 5.74) is 1.63. The molecule has 4 rings (SSSR count). The maximum Gasteiger partial charge on any atom is 0.249 e. The number of fused-ring (bicyclic) bond motifs is 3. The van der Waals surface area contributed by atoms with E-state index in [0.29, 0.717) is 23.0 Å². The van der Waals surface area contributed by atoms with Crippen LogP contribution < -0.4 is 14.8 Å². The smallest absolute Gasteiger partial charge is 0.249 e. The number of carbonyl (C=O) groups is 3. The molecule has 0 saturated heterocycles. The highest BCUT2D eigenvalue weighted by molar-refractivity contribution is 5.96. The van der Waals surface area contributed by atoms with Crippen molar-refractivity contribution in [3.8, 4) is 11.5 Å². The van der Waals surface area contributed by atoms with Crippen molar-refractivity contribution in [2.45, 2.75) is 30.6 Å². The van der Waals surface area contributed by atoms with Crippen LogP contribution in [0.3, 0.4) is 0 Å². The molecule has 208 valence electrons. The third-order valence-corrected chi connectivity index (χ3v) is 6.89. The molecule has 2 aromatic carbocycles. The van der Waals surface area contributed by atoms with E-state index in [1.165, 1.54) is 43.4 Å². The van der Waals surface area contributed by atoms with Gasteiger partial charge in [-0.05, 0) is 42.3 Å². The standard InChI is InChI=1S/C28H31FN2O8/c1-37-15-23(34)31(8-6-16-4-3-5-18(29)10-16)21-13-20(28(36)30-7-9-32)24-19-11-17(14-33)12-22(38-2)26(19)39-27(24)25(21)35/h3-5,10-14,21,24-25,27,32,35H,6-9,15H2,1-2H3,(H,30,36). The lowest BCUT2D eigenvalue weighted by atomic mass is 9.77. The van der Waals surface area contributed by atoms with Crippen molar-refractivity contribution in [3.63, 3.8) is 0 Å². The minimum Gasteiger partial charge on any atom is -0.493 e. The summed E-state index contributed by atoms with van der Waals surface area (Å²) in [6.45, 7) is -0.490. The molecular formula is C28H31FN2O8. The van der Waals surface area contributed by atoms with Crippen molar-refractivity contribution in [3.05, 3.63) is 70.6 Å². The van der Waals surface area contributed by atoms with E-state index in [4.69, 9.17) is 14.2 Å². The summed E-state index contributed by atoms with van der Waals surface area (Å²) in [6.07, 6.45) is 0.158. The Balaban J connectivity index is 1.76. The molecule has 0 aromatic heterocycles. The van der Waals surface area contributed by atoms with E-state index in [0.717, 1.165) is 0 Å². The number of benzene rings is 2. The Morgan fingerprint density at radius 3 is 2.69 bits per heavy atom. The molecule has 3 N–H and O–H groups in total. The number of rotatable bonds is 11. The topological polar surface area (TPSA) is 135 Å². The summed E-state index contributed by atoms with van der Waals surface area (Å²) in [4.78, 5) is 39.5. The fraction of sp³-hybridized carbons (Fsp3) is 0.393. The number of methoxy groups -OCH3 is 2. The first kappa shape index (κ1) is 28.2. The predicted octanol–water partition coefficient (Wildman–Crippen LogP) is 0.987. The second-order valence-electron chi connectivity index (χ2n) is 9.30. The lowest BCUT2D eigenvalue weighted by molar-refractivity contribution is -0.141. The first-order valence-corrected chi connectivity index (χ1v) is 12.5. The lowest BCUT2D eigenvalue weighted by Gasteiger charge is -2.40. The number of aldehydes is 1. The van der Waals surface area contributed by atoms with Gasteiger partial charge in [-0.2, -0.15) is 0 Å². The van der Waals surface area contributed by atoms with Gasteiger partial charge in [0.05, 0.1) is 25.7 Å². The van der Waals surface area contributed by atoms with E-state index in [2.05, 4.69) is 5.32 Å². The van der Waals surface area contributed by atoms with Crippen LogP contribution in [0.25, 0.3) is 0 Å². The number of carbonyl (C=O) groups excluding carboxylic acids is 3. The zero-order valence-electron chi connectivity index (χ0n) is 21.6. The van der Waals surface area contributed by atoms with E-state index in [9.17, 15) is 29.0 Å². The van der Waals surface area contributed by atoms with Crippen LogP contribution >= 0.6 is 0 Å². The molecule has 2 aromatic rings. The molecule has 2 aliphatic rings. The zero-order chi connectivity index (χ0) is 28.1. The average molecular weight is 543 g/mol. The van der Waals surface area contributed by atoms with E-state index in [1.807, 2.05) is 0 Å². The Labute approximate surface area is 225 Å². The number of halogens is 1. The Bertz CT molecular complexity index is 1270. The highest BCUT2D eigenvalue weighted by Crippen LogP contribution is 2.51. The first-order chi connectivity index (χ1) is 18.8. The molecule has 4 unspecified atom stereocenters. The third-order valence-electron chi connectivity index (χ3n) is 6.89. The second-order valence-corrected chi connectivity index (χ2v) is 9.30. The number of aliphatic hydroxyl groups is 2. The number of nitrogens with zero attached hydrogens (tertiary/aromatic N) is 1. The minimum absolute atomic E-state index is 0.0158. The highest BCUT2D eigenvalue weighted by Gasteiger charge is 2.51. The van der Waals surface area contributed by atoms with Crippen LogP contribution in [0.1, 0.15) is 27.4 Å². The third kappa shape index (κ3) is 5.80. The van der Waals surface area contributed by atoms with E-state index in [-0.39, 0.29) is 49.8 Å². The van der Waals surface area contributed by atoms with Gasteiger partial charge < -0.3 is 34.6 Å². The van der Waals surface area contributed by atoms with Crippen molar-refractivity contribution in [1.29, 1.82) is 0 Å². The summed E-state index contributed by atoms with van der Waals surface area (Å²) in [6, 6.07) is 8.06. The molecule has 0 fully saturated rings. The van der Waals surface area contributed by atoms with Gasteiger partial charge in [0.25, 0.3) is 0 Å². The Morgan fingerprint density at radius 2 is 2.03 bits per heavy atom. The van der Waals surface area contributed by atoms with Crippen molar-refractivity contribution in [1.82, 2.24) is 10.2 Å². The van der Waals surface area contributed by atoms with Crippen LogP contribution in [0.4, 0.5) is 4.39 Å². The van der Waals surface area contributed by atoms with Gasteiger partial charge in [0.15, 0.2) is 11.5 Å². The molecule has 0 saturated carbocycles. The fourth-order valence-electron chi connectivity index (χ4n) is 5.15. The number of hydrogen-bond acceptors (Lipinski definition) is 8. The Hall–Kier alpha value is -3.80. The summed E-state index contributed by atoms with van der Waals surface area (Å²) in [5.74, 6) is -1.60. The van der Waals surface area contributed by atoms with E-state index in [1.54, 1.807) is 18.2 Å². The highest BCUT2D eigenvalue weighted by atomic mass is 19.1. The van der Waals surface area contributed by atoms with Crippen LogP contribution in [0.5, 0.6) is 11.5 Å². The summed E-state index contributed by atoms with van der Waals surface area (Å²) in [7, 11) is 2.78. The van der Waals surface area contributed by atoms with Crippen molar-refractivity contribution >= 4 is 18.1 Å². The van der Waals surface area contributed by atoms with Crippen LogP contribution in [0.15, 0.2) is 48.0 Å². The SMILES string of the molecule is COCC(=O)N(CCc1cccc(F)c1)C1C=C(C(=O)NCCO)C2c3cc(C=O)cc(OC)c3OC2C1O. The van der Waals surface area contributed by atoms with E-state index < -0.39 is 41.8 Å². The maximum atomic E-state index is 13.8. The molecule has 2 amide bonds. The van der Waals surface area contributed by atoms with Crippen LogP contribution in [0.2, 0.25) is 0 Å². The molecule has 0 bridgehead atoms. The van der Waals surface area contributed by atoms with Gasteiger partial charge in [0.1, 0.15) is 30.9 Å². The van der Waals surface area contributed by atoms with Gasteiger partial charge in [-0.1, -0.05) is 12.1 Å². The lowest BCUT2D eigenvalue weighted by Crippen LogP contribution is -2.56. The van der Waals surface area contributed by atoms with Crippen LogP contribution in [-0.4, -0.2) is 92.0 Å². The minimum atomic E-state index is -1.28. The molecule has 10 nitrogen and oxygen atoms in total. The van der Waals surface area contributed by atoms with E-state index >= 15 is 0 Å². The van der Waals surface area contributed by atoms with Crippen LogP contribution in [-0.2, 0) is 20.7 Å². The second kappa shape index (κ2) is 12.4. The molecule has 1 heterocycles. The van der Waals surface area contributed by atoms with Crippen molar-refractivity contribution in [2.24, 2.45) is 0 Å². The van der Waals surface area contributed by atoms with Crippen LogP contribution in [0, 0.1) is 5.82 Å². The van der Waals surface area contributed by atoms with Gasteiger partial charge in [-0.25, -0.2) is 4.39 Å². The number of aliphatic hydroxyl groups excluding tert-OH is 2. The van der Waals surface area contributed by atoms with Gasteiger partial charge in [-0.15, -0.1) is 0 Å². The van der Waals surface area contributed by atoms with Gasteiger partial charge in [-0.3, -0.25) is 14.4 Å². The summed E-state index contributed by atoms with van der Waals surface area (Å²) >= 11 is 0. The van der Waals surface area contributed by atoms with Crippen molar-refractivity contribution in [2.75, 3.05) is 40.5 Å².